The molecule has 1 aromatic carbocycles. The fourth-order valence-electron chi connectivity index (χ4n) is 1.99. The van der Waals surface area contributed by atoms with Gasteiger partial charge < -0.3 is 10.0 Å². The van der Waals surface area contributed by atoms with Gasteiger partial charge in [-0.1, -0.05) is 0 Å². The molecule has 2 rings (SSSR count). The first-order chi connectivity index (χ1) is 7.16. The predicted octanol–water partition coefficient (Wildman–Crippen LogP) is 1.81. The SMILES string of the molecule is O=C(O)CN1CCCc2cc(S)ccc21. The van der Waals surface area contributed by atoms with Crippen molar-refractivity contribution >= 4 is 24.3 Å². The molecule has 1 aliphatic rings. The van der Waals surface area contributed by atoms with E-state index in [1.54, 1.807) is 0 Å². The van der Waals surface area contributed by atoms with E-state index < -0.39 is 5.97 Å². The Morgan fingerprint density at radius 2 is 2.33 bits per heavy atom. The largest absolute Gasteiger partial charge is 0.480 e. The van der Waals surface area contributed by atoms with E-state index in [1.807, 2.05) is 23.1 Å². The molecule has 4 heteroatoms. The number of anilines is 1. The minimum atomic E-state index is -0.780. The first-order valence-corrected chi connectivity index (χ1v) is 5.40. The molecule has 0 unspecified atom stereocenters. The molecule has 0 radical (unpaired) electrons. The number of carboxylic acids is 1. The molecule has 1 aromatic rings. The summed E-state index contributed by atoms with van der Waals surface area (Å²) in [5.41, 5.74) is 2.25. The van der Waals surface area contributed by atoms with E-state index in [2.05, 4.69) is 12.6 Å². The third-order valence-electron chi connectivity index (χ3n) is 2.60. The zero-order chi connectivity index (χ0) is 10.8. The summed E-state index contributed by atoms with van der Waals surface area (Å²) in [5, 5.41) is 8.79. The molecular formula is C11H13NO2S. The van der Waals surface area contributed by atoms with E-state index in [0.29, 0.717) is 0 Å². The number of aryl methyl sites for hydroxylation is 1. The van der Waals surface area contributed by atoms with Crippen LogP contribution in [0.15, 0.2) is 23.1 Å². The molecule has 1 heterocycles. The Hall–Kier alpha value is -1.16. The molecule has 1 N–H and O–H groups in total. The van der Waals surface area contributed by atoms with Crippen molar-refractivity contribution in [3.8, 4) is 0 Å². The van der Waals surface area contributed by atoms with Crippen LogP contribution < -0.4 is 4.90 Å². The number of carboxylic acid groups (broad SMARTS) is 1. The van der Waals surface area contributed by atoms with Crippen LogP contribution >= 0.6 is 12.6 Å². The Morgan fingerprint density at radius 3 is 3.07 bits per heavy atom. The maximum absolute atomic E-state index is 10.7. The highest BCUT2D eigenvalue weighted by Gasteiger charge is 2.18. The second-order valence-corrected chi connectivity index (χ2v) is 4.25. The topological polar surface area (TPSA) is 40.5 Å². The summed E-state index contributed by atoms with van der Waals surface area (Å²) in [6.45, 7) is 0.907. The van der Waals surface area contributed by atoms with E-state index in [4.69, 9.17) is 5.11 Å². The third-order valence-corrected chi connectivity index (χ3v) is 2.88. The van der Waals surface area contributed by atoms with Crippen molar-refractivity contribution in [3.05, 3.63) is 23.8 Å². The number of benzene rings is 1. The van der Waals surface area contributed by atoms with E-state index in [9.17, 15) is 4.79 Å². The van der Waals surface area contributed by atoms with Gasteiger partial charge in [-0.15, -0.1) is 12.6 Å². The van der Waals surface area contributed by atoms with Gasteiger partial charge in [-0.25, -0.2) is 0 Å². The van der Waals surface area contributed by atoms with Gasteiger partial charge in [0.15, 0.2) is 0 Å². The maximum atomic E-state index is 10.7. The van der Waals surface area contributed by atoms with Gasteiger partial charge in [-0.05, 0) is 36.6 Å². The van der Waals surface area contributed by atoms with E-state index >= 15 is 0 Å². The van der Waals surface area contributed by atoms with Crippen LogP contribution in [-0.4, -0.2) is 24.2 Å². The number of rotatable bonds is 2. The number of hydrogen-bond donors (Lipinski definition) is 2. The molecule has 0 atom stereocenters. The van der Waals surface area contributed by atoms with Crippen molar-refractivity contribution in [1.82, 2.24) is 0 Å². The third kappa shape index (κ3) is 2.26. The van der Waals surface area contributed by atoms with Gasteiger partial charge in [0.2, 0.25) is 0 Å². The smallest absolute Gasteiger partial charge is 0.323 e. The van der Waals surface area contributed by atoms with E-state index in [-0.39, 0.29) is 6.54 Å². The molecule has 0 saturated carbocycles. The van der Waals surface area contributed by atoms with Crippen molar-refractivity contribution in [1.29, 1.82) is 0 Å². The highest BCUT2D eigenvalue weighted by molar-refractivity contribution is 7.80. The van der Waals surface area contributed by atoms with Crippen molar-refractivity contribution in [2.24, 2.45) is 0 Å². The summed E-state index contributed by atoms with van der Waals surface area (Å²) in [6, 6.07) is 5.88. The number of carbonyl (C=O) groups is 1. The van der Waals surface area contributed by atoms with Gasteiger partial charge >= 0.3 is 5.97 Å². The van der Waals surface area contributed by atoms with Gasteiger partial charge in [0.05, 0.1) is 0 Å². The molecule has 1 aliphatic heterocycles. The van der Waals surface area contributed by atoms with Gasteiger partial charge in [0, 0.05) is 17.1 Å². The standard InChI is InChI=1S/C11H13NO2S/c13-11(14)7-12-5-1-2-8-6-9(15)3-4-10(8)12/h3-4,6,15H,1-2,5,7H2,(H,13,14). The number of fused-ring (bicyclic) bond motifs is 1. The molecule has 0 aromatic heterocycles. The van der Waals surface area contributed by atoms with Crippen molar-refractivity contribution < 1.29 is 9.90 Å². The Balaban J connectivity index is 2.30. The minimum Gasteiger partial charge on any atom is -0.480 e. The van der Waals surface area contributed by atoms with Gasteiger partial charge in [-0.3, -0.25) is 4.79 Å². The Kier molecular flexibility index (Phi) is 2.86. The van der Waals surface area contributed by atoms with Crippen molar-refractivity contribution in [2.75, 3.05) is 18.0 Å². The van der Waals surface area contributed by atoms with Crippen LogP contribution in [0, 0.1) is 0 Å². The summed E-state index contributed by atoms with van der Waals surface area (Å²) in [5.74, 6) is -0.780. The number of hydrogen-bond acceptors (Lipinski definition) is 3. The lowest BCUT2D eigenvalue weighted by atomic mass is 10.0. The van der Waals surface area contributed by atoms with Crippen molar-refractivity contribution in [3.63, 3.8) is 0 Å². The molecule has 0 fully saturated rings. The first-order valence-electron chi connectivity index (χ1n) is 4.95. The molecule has 0 saturated heterocycles. The summed E-state index contributed by atoms with van der Waals surface area (Å²) < 4.78 is 0. The minimum absolute atomic E-state index is 0.0823. The Labute approximate surface area is 94.1 Å². The molecule has 80 valence electrons. The summed E-state index contributed by atoms with van der Waals surface area (Å²) in [4.78, 5) is 13.5. The highest BCUT2D eigenvalue weighted by Crippen LogP contribution is 2.28. The summed E-state index contributed by atoms with van der Waals surface area (Å²) in [7, 11) is 0. The number of thiol groups is 1. The number of aliphatic carboxylic acids is 1. The van der Waals surface area contributed by atoms with Crippen LogP contribution in [0.3, 0.4) is 0 Å². The lowest BCUT2D eigenvalue weighted by Crippen LogP contribution is -2.34. The highest BCUT2D eigenvalue weighted by atomic mass is 32.1. The molecule has 0 aliphatic carbocycles. The summed E-state index contributed by atoms with van der Waals surface area (Å²) >= 11 is 4.28. The molecule has 3 nitrogen and oxygen atoms in total. The first kappa shape index (κ1) is 10.4. The second kappa shape index (κ2) is 4.14. The van der Waals surface area contributed by atoms with Gasteiger partial charge in [0.1, 0.15) is 6.54 Å². The fourth-order valence-corrected chi connectivity index (χ4v) is 2.22. The zero-order valence-corrected chi connectivity index (χ0v) is 9.20. The monoisotopic (exact) mass is 223 g/mol. The van der Waals surface area contributed by atoms with Crippen LogP contribution in [0.5, 0.6) is 0 Å². The zero-order valence-electron chi connectivity index (χ0n) is 8.31. The second-order valence-electron chi connectivity index (χ2n) is 3.73. The quantitative estimate of drug-likeness (QED) is 0.751. The molecule has 15 heavy (non-hydrogen) atoms. The van der Waals surface area contributed by atoms with Gasteiger partial charge in [0.25, 0.3) is 0 Å². The average Bonchev–Trinajstić information content (AvgIpc) is 2.16. The lowest BCUT2D eigenvalue weighted by molar-refractivity contribution is -0.135. The van der Waals surface area contributed by atoms with Crippen LogP contribution in [-0.2, 0) is 11.2 Å². The average molecular weight is 223 g/mol. The maximum Gasteiger partial charge on any atom is 0.323 e. The molecule has 0 spiro atoms. The van der Waals surface area contributed by atoms with E-state index in [1.165, 1.54) is 5.56 Å². The van der Waals surface area contributed by atoms with Crippen LogP contribution in [0.2, 0.25) is 0 Å². The lowest BCUT2D eigenvalue weighted by Gasteiger charge is -2.29. The van der Waals surface area contributed by atoms with Crippen molar-refractivity contribution in [2.45, 2.75) is 17.7 Å². The summed E-state index contributed by atoms with van der Waals surface area (Å²) in [6.07, 6.45) is 2.03. The Bertz CT molecular complexity index is 392. The normalized spacial score (nSPS) is 14.9. The molecular weight excluding hydrogens is 210 g/mol. The molecule has 0 amide bonds. The molecule has 0 bridgehead atoms. The van der Waals surface area contributed by atoms with Crippen LogP contribution in [0.1, 0.15) is 12.0 Å². The van der Waals surface area contributed by atoms with Crippen LogP contribution in [0.4, 0.5) is 5.69 Å². The van der Waals surface area contributed by atoms with Crippen LogP contribution in [0.25, 0.3) is 0 Å². The van der Waals surface area contributed by atoms with Gasteiger partial charge in [-0.2, -0.15) is 0 Å². The predicted molar refractivity (Wildman–Crippen MR) is 61.9 cm³/mol. The fraction of sp³-hybridized carbons (Fsp3) is 0.364. The Morgan fingerprint density at radius 1 is 1.53 bits per heavy atom. The van der Waals surface area contributed by atoms with E-state index in [0.717, 1.165) is 30.0 Å². The number of nitrogens with zero attached hydrogens (tertiary/aromatic N) is 1.